The molecule has 0 aliphatic heterocycles. The summed E-state index contributed by atoms with van der Waals surface area (Å²) in [6.07, 6.45) is 0. The van der Waals surface area contributed by atoms with Crippen LogP contribution < -0.4 is 10.1 Å². The van der Waals surface area contributed by atoms with Crippen LogP contribution in [0.2, 0.25) is 5.02 Å². The zero-order valence-electron chi connectivity index (χ0n) is 13.9. The van der Waals surface area contributed by atoms with E-state index in [2.05, 4.69) is 5.32 Å². The van der Waals surface area contributed by atoms with E-state index in [0.717, 1.165) is 27.7 Å². The van der Waals surface area contributed by atoms with Gasteiger partial charge in [0.2, 0.25) is 5.91 Å². The van der Waals surface area contributed by atoms with E-state index < -0.39 is 0 Å². The predicted octanol–water partition coefficient (Wildman–Crippen LogP) is 4.85. The zero-order valence-corrected chi connectivity index (χ0v) is 15.5. The second-order valence-corrected chi connectivity index (χ2v) is 6.84. The number of hydrogen-bond acceptors (Lipinski definition) is 3. The molecule has 0 saturated heterocycles. The van der Waals surface area contributed by atoms with Crippen molar-refractivity contribution in [2.24, 2.45) is 0 Å². The topological polar surface area (TPSA) is 38.3 Å². The second kappa shape index (κ2) is 9.60. The number of halogens is 1. The van der Waals surface area contributed by atoms with Crippen LogP contribution in [0, 0.1) is 0 Å². The minimum Gasteiger partial charge on any atom is -0.494 e. The summed E-state index contributed by atoms with van der Waals surface area (Å²) in [7, 11) is 0. The van der Waals surface area contributed by atoms with E-state index in [-0.39, 0.29) is 11.9 Å². The van der Waals surface area contributed by atoms with E-state index in [1.54, 1.807) is 11.8 Å². The number of ether oxygens (including phenoxy) is 1. The zero-order chi connectivity index (χ0) is 17.4. The summed E-state index contributed by atoms with van der Waals surface area (Å²) in [6.45, 7) is 4.59. The van der Waals surface area contributed by atoms with Gasteiger partial charge in [0.1, 0.15) is 5.75 Å². The van der Waals surface area contributed by atoms with E-state index in [1.165, 1.54) is 0 Å². The van der Waals surface area contributed by atoms with Gasteiger partial charge < -0.3 is 10.1 Å². The minimum atomic E-state index is -0.0278. The first-order chi connectivity index (χ1) is 11.6. The van der Waals surface area contributed by atoms with Crippen LogP contribution in [0.4, 0.5) is 0 Å². The van der Waals surface area contributed by atoms with Gasteiger partial charge >= 0.3 is 0 Å². The SMILES string of the molecule is CCOc1ccc(C(C)NC(=O)CSCc2cccc(Cl)c2)cc1. The Bertz CT molecular complexity index is 661. The van der Waals surface area contributed by atoms with Gasteiger partial charge in [0, 0.05) is 10.8 Å². The summed E-state index contributed by atoms with van der Waals surface area (Å²) < 4.78 is 5.43. The van der Waals surface area contributed by atoms with E-state index >= 15 is 0 Å². The van der Waals surface area contributed by atoms with Gasteiger partial charge in [-0.05, 0) is 49.2 Å². The molecule has 0 spiro atoms. The Morgan fingerprint density at radius 1 is 1.25 bits per heavy atom. The summed E-state index contributed by atoms with van der Waals surface area (Å²) in [5.41, 5.74) is 2.19. The lowest BCUT2D eigenvalue weighted by molar-refractivity contribution is -0.119. The fraction of sp³-hybridized carbons (Fsp3) is 0.316. The van der Waals surface area contributed by atoms with Crippen LogP contribution >= 0.6 is 23.4 Å². The highest BCUT2D eigenvalue weighted by Gasteiger charge is 2.10. The molecule has 3 nitrogen and oxygen atoms in total. The highest BCUT2D eigenvalue weighted by Crippen LogP contribution is 2.19. The Balaban J connectivity index is 1.76. The molecule has 0 radical (unpaired) electrons. The summed E-state index contributed by atoms with van der Waals surface area (Å²) in [5.74, 6) is 2.07. The van der Waals surface area contributed by atoms with Gasteiger partial charge in [-0.2, -0.15) is 0 Å². The molecule has 0 aliphatic rings. The number of nitrogens with one attached hydrogen (secondary N) is 1. The minimum absolute atomic E-state index is 0.0278. The summed E-state index contributed by atoms with van der Waals surface area (Å²) >= 11 is 7.54. The van der Waals surface area contributed by atoms with Crippen molar-refractivity contribution in [3.63, 3.8) is 0 Å². The van der Waals surface area contributed by atoms with Gasteiger partial charge in [-0.1, -0.05) is 35.9 Å². The molecular weight excluding hydrogens is 342 g/mol. The van der Waals surface area contributed by atoms with E-state index in [4.69, 9.17) is 16.3 Å². The van der Waals surface area contributed by atoms with Crippen LogP contribution in [0.15, 0.2) is 48.5 Å². The van der Waals surface area contributed by atoms with Crippen molar-refractivity contribution in [3.05, 3.63) is 64.7 Å². The third-order valence-electron chi connectivity index (χ3n) is 3.46. The number of hydrogen-bond donors (Lipinski definition) is 1. The lowest BCUT2D eigenvalue weighted by Gasteiger charge is -2.15. The number of carbonyl (C=O) groups excluding carboxylic acids is 1. The van der Waals surface area contributed by atoms with Crippen LogP contribution in [-0.4, -0.2) is 18.3 Å². The van der Waals surface area contributed by atoms with Crippen molar-refractivity contribution in [3.8, 4) is 5.75 Å². The summed E-state index contributed by atoms with van der Waals surface area (Å²) in [4.78, 5) is 12.1. The molecule has 0 saturated carbocycles. The highest BCUT2D eigenvalue weighted by molar-refractivity contribution is 7.99. The Hall–Kier alpha value is -1.65. The molecule has 0 fully saturated rings. The Labute approximate surface area is 152 Å². The summed E-state index contributed by atoms with van der Waals surface area (Å²) in [5, 5.41) is 3.74. The first-order valence-corrected chi connectivity index (χ1v) is 9.46. The molecule has 0 heterocycles. The maximum absolute atomic E-state index is 12.1. The van der Waals surface area contributed by atoms with Gasteiger partial charge in [-0.15, -0.1) is 11.8 Å². The standard InChI is InChI=1S/C19H22ClNO2S/c1-3-23-18-9-7-16(8-10-18)14(2)21-19(22)13-24-12-15-5-4-6-17(20)11-15/h4-11,14H,3,12-13H2,1-2H3,(H,21,22). The first kappa shape index (κ1) is 18.7. The molecule has 0 aliphatic carbocycles. The number of rotatable bonds is 8. The summed E-state index contributed by atoms with van der Waals surface area (Å²) in [6, 6.07) is 15.5. The van der Waals surface area contributed by atoms with Gasteiger partial charge in [-0.25, -0.2) is 0 Å². The molecule has 1 atom stereocenters. The van der Waals surface area contributed by atoms with Crippen LogP contribution in [0.1, 0.15) is 31.0 Å². The van der Waals surface area contributed by atoms with Crippen molar-refractivity contribution >= 4 is 29.3 Å². The molecule has 1 amide bonds. The Kier molecular flexibility index (Phi) is 7.47. The number of benzene rings is 2. The molecule has 5 heteroatoms. The van der Waals surface area contributed by atoms with E-state index in [9.17, 15) is 4.79 Å². The number of amides is 1. The molecule has 0 bridgehead atoms. The van der Waals surface area contributed by atoms with Gasteiger partial charge in [0.05, 0.1) is 18.4 Å². The second-order valence-electron chi connectivity index (χ2n) is 5.41. The monoisotopic (exact) mass is 363 g/mol. The average molecular weight is 364 g/mol. The fourth-order valence-corrected chi connectivity index (χ4v) is 3.27. The average Bonchev–Trinajstić information content (AvgIpc) is 2.56. The third kappa shape index (κ3) is 6.10. The molecule has 1 unspecified atom stereocenters. The molecule has 2 rings (SSSR count). The molecule has 0 aromatic heterocycles. The van der Waals surface area contributed by atoms with Gasteiger partial charge in [-0.3, -0.25) is 4.79 Å². The quantitative estimate of drug-likeness (QED) is 0.728. The number of thioether (sulfide) groups is 1. The van der Waals surface area contributed by atoms with E-state index in [1.807, 2.05) is 62.4 Å². The normalized spacial score (nSPS) is 11.8. The Morgan fingerprint density at radius 2 is 2.00 bits per heavy atom. The molecule has 2 aromatic rings. The lowest BCUT2D eigenvalue weighted by atomic mass is 10.1. The molecule has 1 N–H and O–H groups in total. The lowest BCUT2D eigenvalue weighted by Crippen LogP contribution is -2.28. The van der Waals surface area contributed by atoms with Gasteiger partial charge in [0.25, 0.3) is 0 Å². The van der Waals surface area contributed by atoms with Crippen LogP contribution in [-0.2, 0) is 10.5 Å². The first-order valence-electron chi connectivity index (χ1n) is 7.92. The van der Waals surface area contributed by atoms with Crippen molar-refractivity contribution in [1.29, 1.82) is 0 Å². The van der Waals surface area contributed by atoms with Crippen molar-refractivity contribution in [2.45, 2.75) is 25.6 Å². The molecule has 24 heavy (non-hydrogen) atoms. The maximum Gasteiger partial charge on any atom is 0.230 e. The fourth-order valence-electron chi connectivity index (χ4n) is 2.27. The van der Waals surface area contributed by atoms with E-state index in [0.29, 0.717) is 12.4 Å². The highest BCUT2D eigenvalue weighted by atomic mass is 35.5. The van der Waals surface area contributed by atoms with Crippen molar-refractivity contribution in [1.82, 2.24) is 5.32 Å². The third-order valence-corrected chi connectivity index (χ3v) is 4.70. The smallest absolute Gasteiger partial charge is 0.230 e. The van der Waals surface area contributed by atoms with Crippen LogP contribution in [0.3, 0.4) is 0 Å². The largest absolute Gasteiger partial charge is 0.494 e. The van der Waals surface area contributed by atoms with Crippen LogP contribution in [0.25, 0.3) is 0 Å². The number of carbonyl (C=O) groups is 1. The van der Waals surface area contributed by atoms with Gasteiger partial charge in [0.15, 0.2) is 0 Å². The maximum atomic E-state index is 12.1. The molecular formula is C19H22ClNO2S. The predicted molar refractivity (Wildman–Crippen MR) is 102 cm³/mol. The van der Waals surface area contributed by atoms with Crippen molar-refractivity contribution < 1.29 is 9.53 Å². The van der Waals surface area contributed by atoms with Crippen LogP contribution in [0.5, 0.6) is 5.75 Å². The molecule has 2 aromatic carbocycles. The molecule has 128 valence electrons. The van der Waals surface area contributed by atoms with Crippen molar-refractivity contribution in [2.75, 3.05) is 12.4 Å². The Morgan fingerprint density at radius 3 is 2.67 bits per heavy atom.